The van der Waals surface area contributed by atoms with Crippen molar-refractivity contribution in [3.05, 3.63) is 29.3 Å². The second-order valence-corrected chi connectivity index (χ2v) is 5.36. The summed E-state index contributed by atoms with van der Waals surface area (Å²) in [5, 5.41) is 12.1. The number of nitrogens with one attached hydrogen (secondary N) is 1. The number of aryl methyl sites for hydroxylation is 1. The lowest BCUT2D eigenvalue weighted by atomic mass is 10.1. The van der Waals surface area contributed by atoms with Crippen LogP contribution in [-0.4, -0.2) is 42.0 Å². The molecule has 1 aromatic rings. The Kier molecular flexibility index (Phi) is 5.55. The van der Waals surface area contributed by atoms with Crippen LogP contribution in [0.15, 0.2) is 18.2 Å². The largest absolute Gasteiger partial charge is 0.508 e. The average molecular weight is 278 g/mol. The minimum Gasteiger partial charge on any atom is -0.508 e. The Bertz CT molecular complexity index is 498. The quantitative estimate of drug-likeness (QED) is 0.858. The molecule has 0 spiro atoms. The zero-order valence-corrected chi connectivity index (χ0v) is 12.4. The molecule has 2 amide bonds. The van der Waals surface area contributed by atoms with Crippen LogP contribution in [0.2, 0.25) is 0 Å². The molecule has 0 bridgehead atoms. The number of hydrogen-bond acceptors (Lipinski definition) is 3. The number of hydrogen-bond donors (Lipinski definition) is 2. The number of benzene rings is 1. The van der Waals surface area contributed by atoms with Gasteiger partial charge in [0.1, 0.15) is 5.75 Å². The van der Waals surface area contributed by atoms with Gasteiger partial charge in [-0.2, -0.15) is 0 Å². The molecule has 0 radical (unpaired) electrons. The third-order valence-electron chi connectivity index (χ3n) is 2.88. The highest BCUT2D eigenvalue weighted by molar-refractivity contribution is 5.97. The molecule has 2 N–H and O–H groups in total. The number of phenols is 1. The fourth-order valence-corrected chi connectivity index (χ4v) is 1.75. The van der Waals surface area contributed by atoms with Gasteiger partial charge in [0.2, 0.25) is 5.91 Å². The van der Waals surface area contributed by atoms with E-state index in [4.69, 9.17) is 0 Å². The molecule has 1 rings (SSSR count). The van der Waals surface area contributed by atoms with Gasteiger partial charge in [-0.1, -0.05) is 13.8 Å². The van der Waals surface area contributed by atoms with Gasteiger partial charge in [0, 0.05) is 19.2 Å². The van der Waals surface area contributed by atoms with Crippen molar-refractivity contribution in [3.63, 3.8) is 0 Å². The van der Waals surface area contributed by atoms with E-state index in [1.807, 2.05) is 13.8 Å². The molecule has 0 saturated heterocycles. The number of rotatable bonds is 5. The number of amides is 2. The Morgan fingerprint density at radius 2 is 2.00 bits per heavy atom. The van der Waals surface area contributed by atoms with Gasteiger partial charge < -0.3 is 15.3 Å². The molecule has 0 aliphatic carbocycles. The summed E-state index contributed by atoms with van der Waals surface area (Å²) in [5.74, 6) is 0.0869. The summed E-state index contributed by atoms with van der Waals surface area (Å²) in [7, 11) is 1.59. The first-order valence-corrected chi connectivity index (χ1v) is 6.63. The number of phenolic OH excluding ortho intramolecular Hbond substituents is 1. The summed E-state index contributed by atoms with van der Waals surface area (Å²) in [4.78, 5) is 25.3. The third-order valence-corrected chi connectivity index (χ3v) is 2.88. The lowest BCUT2D eigenvalue weighted by molar-refractivity contribution is -0.121. The van der Waals surface area contributed by atoms with Crippen LogP contribution < -0.4 is 5.32 Å². The van der Waals surface area contributed by atoms with Crippen LogP contribution >= 0.6 is 0 Å². The first-order valence-electron chi connectivity index (χ1n) is 6.63. The van der Waals surface area contributed by atoms with Gasteiger partial charge in [-0.05, 0) is 36.6 Å². The number of carbonyl (C=O) groups excluding carboxylic acids is 2. The summed E-state index contributed by atoms with van der Waals surface area (Å²) in [6, 6.07) is 4.56. The Balaban J connectivity index is 2.65. The first-order chi connectivity index (χ1) is 9.31. The predicted molar refractivity (Wildman–Crippen MR) is 77.7 cm³/mol. The summed E-state index contributed by atoms with van der Waals surface area (Å²) >= 11 is 0. The molecule has 0 fully saturated rings. The van der Waals surface area contributed by atoms with Crippen LogP contribution in [0.1, 0.15) is 29.8 Å². The van der Waals surface area contributed by atoms with Gasteiger partial charge in [-0.25, -0.2) is 0 Å². The summed E-state index contributed by atoms with van der Waals surface area (Å²) in [6.07, 6.45) is 0. The normalized spacial score (nSPS) is 10.4. The predicted octanol–water partition coefficient (Wildman–Crippen LogP) is 1.54. The van der Waals surface area contributed by atoms with Crippen molar-refractivity contribution in [2.75, 3.05) is 20.1 Å². The number of aromatic hydroxyl groups is 1. The van der Waals surface area contributed by atoms with Crippen LogP contribution in [0.3, 0.4) is 0 Å². The summed E-state index contributed by atoms with van der Waals surface area (Å²) < 4.78 is 0. The molecule has 0 atom stereocenters. The highest BCUT2D eigenvalue weighted by Crippen LogP contribution is 2.16. The molecule has 20 heavy (non-hydrogen) atoms. The van der Waals surface area contributed by atoms with Gasteiger partial charge in [0.15, 0.2) is 0 Å². The molecule has 0 aromatic heterocycles. The molecule has 5 nitrogen and oxygen atoms in total. The van der Waals surface area contributed by atoms with Crippen LogP contribution in [0.25, 0.3) is 0 Å². The van der Waals surface area contributed by atoms with Gasteiger partial charge in [-0.3, -0.25) is 9.59 Å². The second-order valence-electron chi connectivity index (χ2n) is 5.36. The molecular formula is C15H22N2O3. The molecule has 0 unspecified atom stereocenters. The van der Waals surface area contributed by atoms with Crippen molar-refractivity contribution in [2.45, 2.75) is 20.8 Å². The van der Waals surface area contributed by atoms with Gasteiger partial charge in [0.25, 0.3) is 5.91 Å². The SMILES string of the molecule is Cc1cc(O)ccc1C(=O)N(C)CC(=O)NCC(C)C. The van der Waals surface area contributed by atoms with E-state index in [-0.39, 0.29) is 24.1 Å². The molecule has 1 aromatic carbocycles. The minimum absolute atomic E-state index is 0.0197. The zero-order valence-electron chi connectivity index (χ0n) is 12.4. The maximum Gasteiger partial charge on any atom is 0.254 e. The Morgan fingerprint density at radius 1 is 1.35 bits per heavy atom. The lowest BCUT2D eigenvalue weighted by Gasteiger charge is -2.18. The standard InChI is InChI=1S/C15H22N2O3/c1-10(2)8-16-14(19)9-17(4)15(20)13-6-5-12(18)7-11(13)3/h5-7,10,18H,8-9H2,1-4H3,(H,16,19). The fourth-order valence-electron chi connectivity index (χ4n) is 1.75. The third kappa shape index (κ3) is 4.57. The fraction of sp³-hybridized carbons (Fsp3) is 0.467. The van der Waals surface area contributed by atoms with Crippen molar-refractivity contribution in [1.29, 1.82) is 0 Å². The van der Waals surface area contributed by atoms with E-state index >= 15 is 0 Å². The van der Waals surface area contributed by atoms with E-state index < -0.39 is 0 Å². The highest BCUT2D eigenvalue weighted by Gasteiger charge is 2.16. The van der Waals surface area contributed by atoms with E-state index in [0.717, 1.165) is 0 Å². The Labute approximate surface area is 119 Å². The molecule has 0 heterocycles. The maximum absolute atomic E-state index is 12.2. The van der Waals surface area contributed by atoms with Gasteiger partial charge in [0.05, 0.1) is 6.54 Å². The van der Waals surface area contributed by atoms with E-state index in [1.165, 1.54) is 17.0 Å². The highest BCUT2D eigenvalue weighted by atomic mass is 16.3. The topological polar surface area (TPSA) is 69.6 Å². The molecule has 5 heteroatoms. The molecule has 0 saturated carbocycles. The van der Waals surface area contributed by atoms with Crippen molar-refractivity contribution in [2.24, 2.45) is 5.92 Å². The van der Waals surface area contributed by atoms with E-state index in [2.05, 4.69) is 5.32 Å². The Morgan fingerprint density at radius 3 is 2.55 bits per heavy atom. The van der Waals surface area contributed by atoms with Crippen LogP contribution in [-0.2, 0) is 4.79 Å². The molecule has 110 valence electrons. The van der Waals surface area contributed by atoms with E-state index in [9.17, 15) is 14.7 Å². The Hall–Kier alpha value is -2.04. The average Bonchev–Trinajstić information content (AvgIpc) is 2.35. The number of nitrogens with zero attached hydrogens (tertiary/aromatic N) is 1. The second kappa shape index (κ2) is 6.93. The van der Waals surface area contributed by atoms with Crippen molar-refractivity contribution in [1.82, 2.24) is 10.2 Å². The minimum atomic E-state index is -0.234. The van der Waals surface area contributed by atoms with Crippen LogP contribution in [0.4, 0.5) is 0 Å². The first kappa shape index (κ1) is 16.0. The van der Waals surface area contributed by atoms with Crippen LogP contribution in [0.5, 0.6) is 5.75 Å². The van der Waals surface area contributed by atoms with Crippen LogP contribution in [0, 0.1) is 12.8 Å². The van der Waals surface area contributed by atoms with E-state index in [0.29, 0.717) is 23.6 Å². The summed E-state index contributed by atoms with van der Waals surface area (Å²) in [5.41, 5.74) is 1.17. The number of carbonyl (C=O) groups is 2. The monoisotopic (exact) mass is 278 g/mol. The van der Waals surface area contributed by atoms with Crippen molar-refractivity contribution in [3.8, 4) is 5.75 Å². The van der Waals surface area contributed by atoms with Gasteiger partial charge in [-0.15, -0.1) is 0 Å². The van der Waals surface area contributed by atoms with Crippen molar-refractivity contribution < 1.29 is 14.7 Å². The molecule has 0 aliphatic heterocycles. The summed E-state index contributed by atoms with van der Waals surface area (Å²) in [6.45, 7) is 6.38. The lowest BCUT2D eigenvalue weighted by Crippen LogP contribution is -2.39. The zero-order chi connectivity index (χ0) is 15.3. The van der Waals surface area contributed by atoms with Gasteiger partial charge >= 0.3 is 0 Å². The van der Waals surface area contributed by atoms with E-state index in [1.54, 1.807) is 20.0 Å². The molecular weight excluding hydrogens is 256 g/mol. The molecule has 0 aliphatic rings. The van der Waals surface area contributed by atoms with Crippen molar-refractivity contribution >= 4 is 11.8 Å². The maximum atomic E-state index is 12.2. The smallest absolute Gasteiger partial charge is 0.254 e. The number of likely N-dealkylation sites (N-methyl/N-ethyl adjacent to an activating group) is 1.